The average Bonchev–Trinajstić information content (AvgIpc) is 2.03. The summed E-state index contributed by atoms with van der Waals surface area (Å²) in [5.41, 5.74) is 2.23. The third kappa shape index (κ3) is 1.55. The van der Waals surface area contributed by atoms with Gasteiger partial charge >= 0.3 is 0 Å². The van der Waals surface area contributed by atoms with Gasteiger partial charge in [0.25, 0.3) is 0 Å². The van der Waals surface area contributed by atoms with E-state index in [1.54, 1.807) is 6.08 Å². The van der Waals surface area contributed by atoms with Crippen LogP contribution in [0.2, 0.25) is 0 Å². The molecule has 0 fully saturated rings. The lowest BCUT2D eigenvalue weighted by molar-refractivity contribution is -0.119. The highest BCUT2D eigenvalue weighted by atomic mass is 16.1. The van der Waals surface area contributed by atoms with Crippen LogP contribution in [0.4, 0.5) is 0 Å². The molecule has 1 unspecified atom stereocenters. The SMILES string of the molecule is C=CC1=C(C=C)C(C)CC(=O)C1. The molecule has 0 aromatic rings. The summed E-state index contributed by atoms with van der Waals surface area (Å²) < 4.78 is 0. The minimum atomic E-state index is 0.308. The Morgan fingerprint density at radius 1 is 1.42 bits per heavy atom. The maximum atomic E-state index is 11.2. The van der Waals surface area contributed by atoms with Gasteiger partial charge < -0.3 is 0 Å². The molecule has 0 N–H and O–H groups in total. The van der Waals surface area contributed by atoms with E-state index in [4.69, 9.17) is 0 Å². The van der Waals surface area contributed by atoms with Crippen molar-refractivity contribution in [2.45, 2.75) is 19.8 Å². The highest BCUT2D eigenvalue weighted by Gasteiger charge is 2.20. The quantitative estimate of drug-likeness (QED) is 0.610. The second kappa shape index (κ2) is 3.53. The average molecular weight is 162 g/mol. The molecule has 1 heteroatoms. The molecule has 1 aliphatic carbocycles. The van der Waals surface area contributed by atoms with Crippen molar-refractivity contribution in [1.82, 2.24) is 0 Å². The monoisotopic (exact) mass is 162 g/mol. The Morgan fingerprint density at radius 3 is 2.58 bits per heavy atom. The number of carbonyl (C=O) groups excluding carboxylic acids is 1. The summed E-state index contributed by atoms with van der Waals surface area (Å²) in [4.78, 5) is 11.2. The summed E-state index contributed by atoms with van der Waals surface area (Å²) in [5.74, 6) is 0.625. The topological polar surface area (TPSA) is 17.1 Å². The number of rotatable bonds is 2. The van der Waals surface area contributed by atoms with E-state index in [0.717, 1.165) is 5.57 Å². The molecule has 12 heavy (non-hydrogen) atoms. The lowest BCUT2D eigenvalue weighted by Crippen LogP contribution is -2.15. The Morgan fingerprint density at radius 2 is 2.08 bits per heavy atom. The fourth-order valence-corrected chi connectivity index (χ4v) is 1.68. The molecule has 64 valence electrons. The van der Waals surface area contributed by atoms with Gasteiger partial charge in [-0.15, -0.1) is 0 Å². The fourth-order valence-electron chi connectivity index (χ4n) is 1.68. The summed E-state index contributed by atoms with van der Waals surface area (Å²) in [6, 6.07) is 0. The Hall–Kier alpha value is -1.11. The van der Waals surface area contributed by atoms with Crippen LogP contribution in [0.15, 0.2) is 36.5 Å². The van der Waals surface area contributed by atoms with Gasteiger partial charge in [-0.1, -0.05) is 32.2 Å². The van der Waals surface area contributed by atoms with Crippen LogP contribution in [-0.2, 0) is 4.79 Å². The van der Waals surface area contributed by atoms with Crippen molar-refractivity contribution in [2.24, 2.45) is 5.92 Å². The van der Waals surface area contributed by atoms with Gasteiger partial charge in [0.1, 0.15) is 5.78 Å². The van der Waals surface area contributed by atoms with Gasteiger partial charge in [-0.05, 0) is 17.1 Å². The summed E-state index contributed by atoms with van der Waals surface area (Å²) in [6.45, 7) is 9.49. The van der Waals surface area contributed by atoms with Crippen LogP contribution in [0.5, 0.6) is 0 Å². The molecule has 0 heterocycles. The zero-order valence-electron chi connectivity index (χ0n) is 7.47. The molecule has 0 spiro atoms. The van der Waals surface area contributed by atoms with Gasteiger partial charge in [-0.3, -0.25) is 4.79 Å². The van der Waals surface area contributed by atoms with Crippen molar-refractivity contribution in [2.75, 3.05) is 0 Å². The summed E-state index contributed by atoms with van der Waals surface area (Å²) in [6.07, 6.45) is 4.80. The number of allylic oxidation sites excluding steroid dienone is 4. The van der Waals surface area contributed by atoms with Crippen molar-refractivity contribution >= 4 is 5.78 Å². The summed E-state index contributed by atoms with van der Waals surface area (Å²) in [5, 5.41) is 0. The third-order valence-electron chi connectivity index (χ3n) is 2.29. The highest BCUT2D eigenvalue weighted by Crippen LogP contribution is 2.28. The molecular formula is C11H14O. The molecule has 0 amide bonds. The molecule has 1 nitrogen and oxygen atoms in total. The molecule has 0 radical (unpaired) electrons. The molecule has 1 atom stereocenters. The molecule has 0 saturated heterocycles. The Kier molecular flexibility index (Phi) is 2.64. The standard InChI is InChI=1S/C11H14O/c1-4-9-7-10(12)6-8(3)11(9)5-2/h4-5,8H,1-2,6-7H2,3H3. The second-order valence-corrected chi connectivity index (χ2v) is 3.21. The second-order valence-electron chi connectivity index (χ2n) is 3.21. The zero-order chi connectivity index (χ0) is 9.14. The van der Waals surface area contributed by atoms with Gasteiger partial charge in [0.15, 0.2) is 0 Å². The summed E-state index contributed by atoms with van der Waals surface area (Å²) in [7, 11) is 0. The van der Waals surface area contributed by atoms with Gasteiger partial charge in [-0.25, -0.2) is 0 Å². The van der Waals surface area contributed by atoms with Crippen molar-refractivity contribution in [3.05, 3.63) is 36.5 Å². The molecular weight excluding hydrogens is 148 g/mol. The van der Waals surface area contributed by atoms with E-state index in [9.17, 15) is 4.79 Å². The molecule has 1 aliphatic rings. The lowest BCUT2D eigenvalue weighted by Gasteiger charge is -2.21. The Labute approximate surface area is 73.5 Å². The van der Waals surface area contributed by atoms with Gasteiger partial charge in [0.05, 0.1) is 0 Å². The Bertz CT molecular complexity index is 258. The van der Waals surface area contributed by atoms with Gasteiger partial charge in [-0.2, -0.15) is 0 Å². The number of carbonyl (C=O) groups is 1. The molecule has 0 aromatic heterocycles. The molecule has 0 saturated carbocycles. The van der Waals surface area contributed by atoms with Crippen LogP contribution in [0.25, 0.3) is 0 Å². The van der Waals surface area contributed by atoms with E-state index < -0.39 is 0 Å². The first kappa shape index (κ1) is 8.98. The van der Waals surface area contributed by atoms with Crippen LogP contribution in [0, 0.1) is 5.92 Å². The first-order valence-electron chi connectivity index (χ1n) is 4.18. The van der Waals surface area contributed by atoms with Gasteiger partial charge in [0, 0.05) is 12.8 Å². The number of hydrogen-bond acceptors (Lipinski definition) is 1. The van der Waals surface area contributed by atoms with Crippen molar-refractivity contribution in [3.63, 3.8) is 0 Å². The van der Waals surface area contributed by atoms with Gasteiger partial charge in [0.2, 0.25) is 0 Å². The predicted molar refractivity (Wildman–Crippen MR) is 50.8 cm³/mol. The first-order valence-corrected chi connectivity index (χ1v) is 4.18. The molecule has 0 bridgehead atoms. The molecule has 1 rings (SSSR count). The Balaban J connectivity index is 3.05. The minimum Gasteiger partial charge on any atom is -0.299 e. The molecule has 0 aromatic carbocycles. The number of Topliss-reactive ketones (excluding diaryl/α,β-unsaturated/α-hetero) is 1. The fraction of sp³-hybridized carbons (Fsp3) is 0.364. The first-order chi connectivity index (χ1) is 5.69. The lowest BCUT2D eigenvalue weighted by atomic mass is 9.83. The van der Waals surface area contributed by atoms with Crippen molar-refractivity contribution < 1.29 is 4.79 Å². The highest BCUT2D eigenvalue weighted by molar-refractivity contribution is 5.84. The normalized spacial score (nSPS) is 24.1. The zero-order valence-corrected chi connectivity index (χ0v) is 7.47. The van der Waals surface area contributed by atoms with E-state index in [1.807, 2.05) is 6.08 Å². The summed E-state index contributed by atoms with van der Waals surface area (Å²) >= 11 is 0. The van der Waals surface area contributed by atoms with Crippen LogP contribution in [0.3, 0.4) is 0 Å². The van der Waals surface area contributed by atoms with Crippen LogP contribution >= 0.6 is 0 Å². The maximum absolute atomic E-state index is 11.2. The van der Waals surface area contributed by atoms with Crippen molar-refractivity contribution in [1.29, 1.82) is 0 Å². The van der Waals surface area contributed by atoms with E-state index >= 15 is 0 Å². The minimum absolute atomic E-state index is 0.308. The van der Waals surface area contributed by atoms with E-state index in [1.165, 1.54) is 5.57 Å². The van der Waals surface area contributed by atoms with E-state index in [2.05, 4.69) is 20.1 Å². The van der Waals surface area contributed by atoms with Crippen LogP contribution in [-0.4, -0.2) is 5.78 Å². The third-order valence-corrected chi connectivity index (χ3v) is 2.29. The number of ketones is 1. The maximum Gasteiger partial charge on any atom is 0.137 e. The van der Waals surface area contributed by atoms with Crippen LogP contribution < -0.4 is 0 Å². The smallest absolute Gasteiger partial charge is 0.137 e. The van der Waals surface area contributed by atoms with E-state index in [0.29, 0.717) is 24.5 Å². The van der Waals surface area contributed by atoms with Crippen molar-refractivity contribution in [3.8, 4) is 0 Å². The van der Waals surface area contributed by atoms with Crippen LogP contribution in [0.1, 0.15) is 19.8 Å². The largest absolute Gasteiger partial charge is 0.299 e. The van der Waals surface area contributed by atoms with E-state index in [-0.39, 0.29) is 0 Å². The molecule has 0 aliphatic heterocycles. The number of hydrogen-bond donors (Lipinski definition) is 0. The predicted octanol–water partition coefficient (Wildman–Crippen LogP) is 2.65.